The lowest BCUT2D eigenvalue weighted by Gasteiger charge is -2.33. The van der Waals surface area contributed by atoms with E-state index in [0.29, 0.717) is 30.4 Å². The Morgan fingerprint density at radius 2 is 1.73 bits per heavy atom. The Hall–Kier alpha value is -3.79. The van der Waals surface area contributed by atoms with E-state index in [0.717, 1.165) is 11.1 Å². The summed E-state index contributed by atoms with van der Waals surface area (Å²) >= 11 is 0. The standard InChI is InChI=1S/C23H17N3O4/c24-12-16-19-20(21-15-4-2-1-3-13(15)7-8-25(16)21)23(28)26(22(19)27)14-5-6-17-18(11-14)30-10-9-29-17/h1-8,11,16,19-21H,9-10H2/t16-,19+,20-,21+/m0/s1. The van der Waals surface area contributed by atoms with E-state index < -0.39 is 17.9 Å². The van der Waals surface area contributed by atoms with Gasteiger partial charge in [0.05, 0.1) is 29.6 Å². The second-order valence-electron chi connectivity index (χ2n) is 7.80. The van der Waals surface area contributed by atoms with E-state index in [1.807, 2.05) is 41.4 Å². The number of benzene rings is 2. The Morgan fingerprint density at radius 1 is 0.967 bits per heavy atom. The van der Waals surface area contributed by atoms with Crippen molar-refractivity contribution in [1.29, 1.82) is 5.26 Å². The monoisotopic (exact) mass is 399 g/mol. The van der Waals surface area contributed by atoms with Crippen LogP contribution in [0.3, 0.4) is 0 Å². The molecule has 7 heteroatoms. The Bertz CT molecular complexity index is 1170. The molecular formula is C23H17N3O4. The van der Waals surface area contributed by atoms with E-state index >= 15 is 0 Å². The number of anilines is 1. The molecule has 4 heterocycles. The van der Waals surface area contributed by atoms with Crippen LogP contribution >= 0.6 is 0 Å². The first-order valence-corrected chi connectivity index (χ1v) is 9.90. The summed E-state index contributed by atoms with van der Waals surface area (Å²) in [5.74, 6) is -0.830. The third kappa shape index (κ3) is 2.13. The van der Waals surface area contributed by atoms with Gasteiger partial charge in [0.2, 0.25) is 11.8 Å². The number of fused-ring (bicyclic) bond motifs is 6. The maximum Gasteiger partial charge on any atom is 0.240 e. The van der Waals surface area contributed by atoms with Crippen molar-refractivity contribution < 1.29 is 19.1 Å². The van der Waals surface area contributed by atoms with Crippen LogP contribution in [0.25, 0.3) is 6.08 Å². The van der Waals surface area contributed by atoms with Gasteiger partial charge in [0, 0.05) is 12.3 Å². The molecule has 0 aromatic heterocycles. The van der Waals surface area contributed by atoms with Crippen LogP contribution in [0.1, 0.15) is 17.2 Å². The van der Waals surface area contributed by atoms with Crippen molar-refractivity contribution in [3.05, 3.63) is 59.8 Å². The average Bonchev–Trinajstić information content (AvgIpc) is 3.25. The van der Waals surface area contributed by atoms with Crippen LogP contribution in [-0.4, -0.2) is 36.0 Å². The number of hydrogen-bond acceptors (Lipinski definition) is 6. The minimum atomic E-state index is -0.712. The molecule has 2 aromatic carbocycles. The van der Waals surface area contributed by atoms with Gasteiger partial charge in [-0.2, -0.15) is 5.26 Å². The van der Waals surface area contributed by atoms with Crippen LogP contribution in [0.4, 0.5) is 5.69 Å². The number of carbonyl (C=O) groups is 2. The topological polar surface area (TPSA) is 82.9 Å². The third-order valence-electron chi connectivity index (χ3n) is 6.38. The molecule has 2 aromatic rings. The molecule has 0 spiro atoms. The van der Waals surface area contributed by atoms with Crippen LogP contribution in [-0.2, 0) is 9.59 Å². The lowest BCUT2D eigenvalue weighted by atomic mass is 9.85. The molecule has 0 N–H and O–H groups in total. The number of nitriles is 1. The van der Waals surface area contributed by atoms with Gasteiger partial charge in [0.1, 0.15) is 19.3 Å². The Kier molecular flexibility index (Phi) is 3.48. The first-order valence-electron chi connectivity index (χ1n) is 9.90. The zero-order valence-electron chi connectivity index (χ0n) is 15.9. The maximum atomic E-state index is 13.6. The Morgan fingerprint density at radius 3 is 2.57 bits per heavy atom. The van der Waals surface area contributed by atoms with Crippen molar-refractivity contribution in [3.63, 3.8) is 0 Å². The Labute approximate surface area is 172 Å². The molecular weight excluding hydrogens is 382 g/mol. The summed E-state index contributed by atoms with van der Waals surface area (Å²) in [5.41, 5.74) is 2.43. The van der Waals surface area contributed by atoms with Crippen molar-refractivity contribution >= 4 is 23.6 Å². The fourth-order valence-electron chi connectivity index (χ4n) is 5.13. The smallest absolute Gasteiger partial charge is 0.240 e. The third-order valence-corrected chi connectivity index (χ3v) is 6.38. The Balaban J connectivity index is 1.44. The first kappa shape index (κ1) is 17.1. The number of hydrogen-bond donors (Lipinski definition) is 0. The molecule has 0 saturated carbocycles. The molecule has 2 fully saturated rings. The van der Waals surface area contributed by atoms with Gasteiger partial charge in [-0.15, -0.1) is 0 Å². The number of rotatable bonds is 1. The molecule has 4 atom stereocenters. The van der Waals surface area contributed by atoms with Gasteiger partial charge >= 0.3 is 0 Å². The van der Waals surface area contributed by atoms with Crippen molar-refractivity contribution in [1.82, 2.24) is 4.90 Å². The molecule has 6 rings (SSSR count). The first-order chi connectivity index (χ1) is 14.7. The summed E-state index contributed by atoms with van der Waals surface area (Å²) in [4.78, 5) is 30.1. The fraction of sp³-hybridized carbons (Fsp3) is 0.261. The predicted molar refractivity (Wildman–Crippen MR) is 106 cm³/mol. The summed E-state index contributed by atoms with van der Waals surface area (Å²) < 4.78 is 11.2. The number of ether oxygens (including phenoxy) is 2. The highest BCUT2D eigenvalue weighted by molar-refractivity contribution is 6.23. The van der Waals surface area contributed by atoms with E-state index in [2.05, 4.69) is 6.07 Å². The molecule has 0 unspecified atom stereocenters. The van der Waals surface area contributed by atoms with E-state index in [4.69, 9.17) is 9.47 Å². The summed E-state index contributed by atoms with van der Waals surface area (Å²) in [6.07, 6.45) is 3.78. The molecule has 148 valence electrons. The van der Waals surface area contributed by atoms with Gasteiger partial charge in [-0.1, -0.05) is 24.3 Å². The summed E-state index contributed by atoms with van der Waals surface area (Å²) in [7, 11) is 0. The summed E-state index contributed by atoms with van der Waals surface area (Å²) in [5, 5.41) is 9.87. The molecule has 2 saturated heterocycles. The largest absolute Gasteiger partial charge is 0.486 e. The highest BCUT2D eigenvalue weighted by Gasteiger charge is 2.63. The number of imide groups is 1. The highest BCUT2D eigenvalue weighted by atomic mass is 16.6. The normalized spacial score (nSPS) is 28.1. The zero-order valence-corrected chi connectivity index (χ0v) is 15.9. The average molecular weight is 399 g/mol. The number of nitrogens with zero attached hydrogens (tertiary/aromatic N) is 3. The van der Waals surface area contributed by atoms with Crippen molar-refractivity contribution in [3.8, 4) is 17.6 Å². The van der Waals surface area contributed by atoms with Gasteiger partial charge < -0.3 is 14.4 Å². The summed E-state index contributed by atoms with van der Waals surface area (Å²) in [6.45, 7) is 0.882. The van der Waals surface area contributed by atoms with Gasteiger partial charge in [0.25, 0.3) is 0 Å². The highest BCUT2D eigenvalue weighted by Crippen LogP contribution is 2.53. The van der Waals surface area contributed by atoms with E-state index in [-0.39, 0.29) is 17.9 Å². The molecule has 4 aliphatic rings. The minimum absolute atomic E-state index is 0.278. The van der Waals surface area contributed by atoms with Crippen molar-refractivity contribution in [2.24, 2.45) is 11.8 Å². The maximum absolute atomic E-state index is 13.6. The van der Waals surface area contributed by atoms with E-state index in [1.165, 1.54) is 4.90 Å². The predicted octanol–water partition coefficient (Wildman–Crippen LogP) is 2.50. The van der Waals surface area contributed by atoms with Crippen LogP contribution in [0.5, 0.6) is 11.5 Å². The van der Waals surface area contributed by atoms with Crippen LogP contribution in [0.15, 0.2) is 48.7 Å². The second-order valence-corrected chi connectivity index (χ2v) is 7.80. The number of carbonyl (C=O) groups excluding carboxylic acids is 2. The van der Waals surface area contributed by atoms with Crippen LogP contribution < -0.4 is 14.4 Å². The number of amides is 2. The summed E-state index contributed by atoms with van der Waals surface area (Å²) in [6, 6.07) is 14.1. The quantitative estimate of drug-likeness (QED) is 0.686. The van der Waals surface area contributed by atoms with Crippen LogP contribution in [0.2, 0.25) is 0 Å². The SMILES string of the molecule is N#C[C@H]1[C@H]2C(=O)N(c3ccc4c(c3)OCCO4)C(=O)[C@@H]2[C@H]2c3ccccc3C=CN21. The van der Waals surface area contributed by atoms with Crippen LogP contribution in [0, 0.1) is 23.2 Å². The molecule has 0 aliphatic carbocycles. The molecule has 0 radical (unpaired) electrons. The molecule has 4 aliphatic heterocycles. The minimum Gasteiger partial charge on any atom is -0.486 e. The molecule has 30 heavy (non-hydrogen) atoms. The van der Waals surface area contributed by atoms with Gasteiger partial charge in [-0.05, 0) is 29.3 Å². The van der Waals surface area contributed by atoms with Gasteiger partial charge in [-0.3, -0.25) is 9.59 Å². The van der Waals surface area contributed by atoms with Crippen molar-refractivity contribution in [2.75, 3.05) is 18.1 Å². The lowest BCUT2D eigenvalue weighted by molar-refractivity contribution is -0.123. The molecule has 7 nitrogen and oxygen atoms in total. The molecule has 0 bridgehead atoms. The second kappa shape index (κ2) is 6.10. The van der Waals surface area contributed by atoms with Crippen molar-refractivity contribution in [2.45, 2.75) is 12.1 Å². The zero-order chi connectivity index (χ0) is 20.4. The van der Waals surface area contributed by atoms with E-state index in [1.54, 1.807) is 18.2 Å². The van der Waals surface area contributed by atoms with E-state index in [9.17, 15) is 14.9 Å². The van der Waals surface area contributed by atoms with Gasteiger partial charge in [0.15, 0.2) is 11.5 Å². The van der Waals surface area contributed by atoms with Gasteiger partial charge in [-0.25, -0.2) is 4.90 Å². The fourth-order valence-corrected chi connectivity index (χ4v) is 5.13. The lowest BCUT2D eigenvalue weighted by Crippen LogP contribution is -2.40. The molecule has 2 amide bonds.